The zero-order valence-corrected chi connectivity index (χ0v) is 11.7. The van der Waals surface area contributed by atoms with Gasteiger partial charge >= 0.3 is 0 Å². The van der Waals surface area contributed by atoms with Crippen LogP contribution in [0, 0.1) is 0 Å². The largest absolute Gasteiger partial charge is 0.512 e. The molecule has 1 aromatic carbocycles. The second kappa shape index (κ2) is 5.35. The van der Waals surface area contributed by atoms with E-state index in [4.69, 9.17) is 4.74 Å². The Morgan fingerprint density at radius 3 is 2.42 bits per heavy atom. The number of benzene rings is 1. The minimum absolute atomic E-state index is 0.107. The fraction of sp³-hybridized carbons (Fsp3) is 0.294. The first-order valence-electron chi connectivity index (χ1n) is 6.45. The van der Waals surface area contributed by atoms with Crippen molar-refractivity contribution in [2.75, 3.05) is 7.11 Å². The van der Waals surface area contributed by atoms with Crippen LogP contribution in [0.15, 0.2) is 59.9 Å². The van der Waals surface area contributed by atoms with Gasteiger partial charge in [-0.15, -0.1) is 0 Å². The van der Waals surface area contributed by atoms with Crippen molar-refractivity contribution in [3.05, 3.63) is 65.5 Å². The van der Waals surface area contributed by atoms with Crippen molar-refractivity contribution in [2.45, 2.75) is 25.7 Å². The number of rotatable bonds is 3. The van der Waals surface area contributed by atoms with E-state index in [0.717, 1.165) is 5.75 Å². The lowest BCUT2D eigenvalue weighted by molar-refractivity contribution is 0.402. The monoisotopic (exact) mass is 256 g/mol. The molecule has 0 saturated heterocycles. The molecule has 0 aliphatic heterocycles. The molecule has 0 atom stereocenters. The molecule has 1 N–H and O–H groups in total. The Morgan fingerprint density at radius 2 is 1.79 bits per heavy atom. The summed E-state index contributed by atoms with van der Waals surface area (Å²) in [5, 5.41) is 9.56. The molecule has 2 rings (SSSR count). The van der Waals surface area contributed by atoms with Gasteiger partial charge in [0, 0.05) is 11.8 Å². The molecule has 2 nitrogen and oxygen atoms in total. The molecule has 0 aromatic heterocycles. The van der Waals surface area contributed by atoms with Gasteiger partial charge in [-0.05, 0) is 29.3 Å². The molecule has 19 heavy (non-hydrogen) atoms. The highest BCUT2D eigenvalue weighted by Gasteiger charge is 2.24. The standard InChI is InChI=1S/C17H20O2/c1-17(2,13-5-4-6-15(18)10-7-13)14-8-11-16(19-3)12-9-14/h4-5,7-12,18H,6H2,1-3H3. The van der Waals surface area contributed by atoms with E-state index in [9.17, 15) is 5.11 Å². The third-order valence-electron chi connectivity index (χ3n) is 3.61. The highest BCUT2D eigenvalue weighted by atomic mass is 16.5. The van der Waals surface area contributed by atoms with E-state index in [2.05, 4.69) is 32.1 Å². The van der Waals surface area contributed by atoms with Crippen molar-refractivity contribution in [2.24, 2.45) is 0 Å². The van der Waals surface area contributed by atoms with Gasteiger partial charge in [0.15, 0.2) is 0 Å². The lowest BCUT2D eigenvalue weighted by Crippen LogP contribution is -2.19. The van der Waals surface area contributed by atoms with E-state index in [1.807, 2.05) is 24.3 Å². The molecule has 1 aliphatic rings. The molecule has 0 bridgehead atoms. The molecule has 0 unspecified atom stereocenters. The van der Waals surface area contributed by atoms with Crippen LogP contribution in [-0.4, -0.2) is 12.2 Å². The van der Waals surface area contributed by atoms with Crippen molar-refractivity contribution in [3.8, 4) is 5.75 Å². The van der Waals surface area contributed by atoms with Crippen LogP contribution >= 0.6 is 0 Å². The van der Waals surface area contributed by atoms with Gasteiger partial charge in [-0.1, -0.05) is 44.2 Å². The third kappa shape index (κ3) is 2.90. The number of methoxy groups -OCH3 is 1. The second-order valence-electron chi connectivity index (χ2n) is 5.24. The zero-order chi connectivity index (χ0) is 13.9. The molecule has 0 fully saturated rings. The highest BCUT2D eigenvalue weighted by molar-refractivity contribution is 5.44. The van der Waals surface area contributed by atoms with Gasteiger partial charge in [0.2, 0.25) is 0 Å². The van der Waals surface area contributed by atoms with Gasteiger partial charge in [0.25, 0.3) is 0 Å². The molecule has 1 aromatic rings. The predicted molar refractivity (Wildman–Crippen MR) is 78.6 cm³/mol. The van der Waals surface area contributed by atoms with E-state index in [1.165, 1.54) is 11.1 Å². The summed E-state index contributed by atoms with van der Waals surface area (Å²) in [7, 11) is 1.67. The predicted octanol–water partition coefficient (Wildman–Crippen LogP) is 4.30. The van der Waals surface area contributed by atoms with Crippen LogP contribution in [0.4, 0.5) is 0 Å². The molecular formula is C17H20O2. The first-order chi connectivity index (χ1) is 9.04. The smallest absolute Gasteiger partial charge is 0.118 e. The van der Waals surface area contributed by atoms with Crippen molar-refractivity contribution in [3.63, 3.8) is 0 Å². The lowest BCUT2D eigenvalue weighted by atomic mass is 9.77. The number of allylic oxidation sites excluding steroid dienone is 5. The third-order valence-corrected chi connectivity index (χ3v) is 3.61. The number of hydrogen-bond donors (Lipinski definition) is 1. The van der Waals surface area contributed by atoms with E-state index < -0.39 is 0 Å². The van der Waals surface area contributed by atoms with Gasteiger partial charge in [0.05, 0.1) is 12.9 Å². The number of ether oxygens (including phenoxy) is 1. The summed E-state index contributed by atoms with van der Waals surface area (Å²) in [6, 6.07) is 8.13. The molecule has 100 valence electrons. The molecule has 0 amide bonds. The topological polar surface area (TPSA) is 29.5 Å². The number of hydrogen-bond acceptors (Lipinski definition) is 2. The van der Waals surface area contributed by atoms with Crippen LogP contribution in [0.5, 0.6) is 5.75 Å². The quantitative estimate of drug-likeness (QED) is 0.873. The SMILES string of the molecule is COc1ccc(C(C)(C)C2=CC=C(O)CC=C2)cc1. The van der Waals surface area contributed by atoms with Crippen LogP contribution < -0.4 is 4.74 Å². The summed E-state index contributed by atoms with van der Waals surface area (Å²) in [6.07, 6.45) is 8.45. The van der Waals surface area contributed by atoms with Crippen LogP contribution in [0.2, 0.25) is 0 Å². The highest BCUT2D eigenvalue weighted by Crippen LogP contribution is 2.34. The van der Waals surface area contributed by atoms with E-state index in [1.54, 1.807) is 13.2 Å². The fourth-order valence-corrected chi connectivity index (χ4v) is 2.21. The maximum absolute atomic E-state index is 9.56. The summed E-state index contributed by atoms with van der Waals surface area (Å²) < 4.78 is 5.19. The maximum atomic E-state index is 9.56. The molecular weight excluding hydrogens is 236 g/mol. The van der Waals surface area contributed by atoms with E-state index in [-0.39, 0.29) is 5.41 Å². The molecule has 0 saturated carbocycles. The van der Waals surface area contributed by atoms with Crippen molar-refractivity contribution < 1.29 is 9.84 Å². The van der Waals surface area contributed by atoms with Gasteiger partial charge in [-0.2, -0.15) is 0 Å². The van der Waals surface area contributed by atoms with Crippen LogP contribution in [0.3, 0.4) is 0 Å². The van der Waals surface area contributed by atoms with Gasteiger partial charge in [-0.25, -0.2) is 0 Å². The fourth-order valence-electron chi connectivity index (χ4n) is 2.21. The Balaban J connectivity index is 2.35. The number of aliphatic hydroxyl groups is 1. The Hall–Kier alpha value is -1.96. The molecule has 2 heteroatoms. The Bertz CT molecular complexity index is 531. The van der Waals surface area contributed by atoms with Gasteiger partial charge in [-0.3, -0.25) is 0 Å². The van der Waals surface area contributed by atoms with E-state index >= 15 is 0 Å². The Kier molecular flexibility index (Phi) is 3.79. The second-order valence-corrected chi connectivity index (χ2v) is 5.24. The van der Waals surface area contributed by atoms with Crippen molar-refractivity contribution in [1.29, 1.82) is 0 Å². The van der Waals surface area contributed by atoms with Gasteiger partial charge in [0.1, 0.15) is 5.75 Å². The summed E-state index contributed by atoms with van der Waals surface area (Å²) in [6.45, 7) is 4.36. The zero-order valence-electron chi connectivity index (χ0n) is 11.7. The minimum atomic E-state index is -0.107. The molecule has 0 heterocycles. The molecule has 1 aliphatic carbocycles. The first-order valence-corrected chi connectivity index (χ1v) is 6.45. The van der Waals surface area contributed by atoms with Gasteiger partial charge < -0.3 is 9.84 Å². The maximum Gasteiger partial charge on any atom is 0.118 e. The summed E-state index contributed by atoms with van der Waals surface area (Å²) >= 11 is 0. The molecule has 0 spiro atoms. The average molecular weight is 256 g/mol. The first kappa shape index (κ1) is 13.5. The van der Waals surface area contributed by atoms with Crippen LogP contribution in [0.1, 0.15) is 25.8 Å². The lowest BCUT2D eigenvalue weighted by Gasteiger charge is -2.27. The summed E-state index contributed by atoms with van der Waals surface area (Å²) in [5.41, 5.74) is 2.30. The minimum Gasteiger partial charge on any atom is -0.512 e. The van der Waals surface area contributed by atoms with Crippen LogP contribution in [0.25, 0.3) is 0 Å². The van der Waals surface area contributed by atoms with Crippen molar-refractivity contribution >= 4 is 0 Å². The van der Waals surface area contributed by atoms with Crippen molar-refractivity contribution in [1.82, 2.24) is 0 Å². The summed E-state index contributed by atoms with van der Waals surface area (Å²) in [5.74, 6) is 1.26. The normalized spacial score (nSPS) is 15.5. The molecule has 0 radical (unpaired) electrons. The summed E-state index contributed by atoms with van der Waals surface area (Å²) in [4.78, 5) is 0. The van der Waals surface area contributed by atoms with E-state index in [0.29, 0.717) is 12.2 Å². The Labute approximate surface area is 114 Å². The number of aliphatic hydroxyl groups excluding tert-OH is 1. The Morgan fingerprint density at radius 1 is 1.11 bits per heavy atom. The average Bonchev–Trinajstić information content (AvgIpc) is 2.64. The van der Waals surface area contributed by atoms with Crippen LogP contribution in [-0.2, 0) is 5.41 Å².